The highest BCUT2D eigenvalue weighted by Gasteiger charge is 2.36. The zero-order chi connectivity index (χ0) is 13.3. The van der Waals surface area contributed by atoms with Gasteiger partial charge in [0.25, 0.3) is 20.2 Å². The minimum absolute atomic E-state index is 0.158. The summed E-state index contributed by atoms with van der Waals surface area (Å²) in [6.07, 6.45) is 0.279. The second-order valence-corrected chi connectivity index (χ2v) is 7.02. The van der Waals surface area contributed by atoms with Crippen LogP contribution in [0.2, 0.25) is 0 Å². The first-order valence-electron chi connectivity index (χ1n) is 4.70. The summed E-state index contributed by atoms with van der Waals surface area (Å²) in [5, 5.41) is 0. The second-order valence-electron chi connectivity index (χ2n) is 3.78. The molecule has 1 rings (SSSR count). The summed E-state index contributed by atoms with van der Waals surface area (Å²) < 4.78 is 57.9. The van der Waals surface area contributed by atoms with Crippen molar-refractivity contribution in [3.05, 3.63) is 0 Å². The van der Waals surface area contributed by atoms with Crippen LogP contribution in [0.15, 0.2) is 0 Å². The Morgan fingerprint density at radius 3 is 2.29 bits per heavy atom. The molecule has 0 saturated carbocycles. The molecular formula is C7H13BO7S2. The summed E-state index contributed by atoms with van der Waals surface area (Å²) in [5.74, 6) is 0. The molecule has 1 aliphatic rings. The van der Waals surface area contributed by atoms with Crippen LogP contribution in [0.25, 0.3) is 0 Å². The van der Waals surface area contributed by atoms with E-state index in [1.54, 1.807) is 0 Å². The van der Waals surface area contributed by atoms with Crippen LogP contribution < -0.4 is 0 Å². The normalized spacial score (nSPS) is 30.6. The van der Waals surface area contributed by atoms with E-state index >= 15 is 0 Å². The van der Waals surface area contributed by atoms with E-state index in [4.69, 9.17) is 16.8 Å². The van der Waals surface area contributed by atoms with Gasteiger partial charge in [0.05, 0.1) is 19.1 Å². The van der Waals surface area contributed by atoms with E-state index in [9.17, 15) is 16.8 Å². The largest absolute Gasteiger partial charge is 0.379 e. The Bertz CT molecular complexity index is 457. The topological polar surface area (TPSA) is 96.0 Å². The third kappa shape index (κ3) is 5.82. The van der Waals surface area contributed by atoms with Crippen molar-refractivity contribution in [2.75, 3.05) is 19.1 Å². The van der Waals surface area contributed by atoms with E-state index in [2.05, 4.69) is 4.18 Å². The first-order valence-corrected chi connectivity index (χ1v) is 8.34. The minimum Gasteiger partial charge on any atom is -0.379 e. The van der Waals surface area contributed by atoms with E-state index in [0.29, 0.717) is 0 Å². The van der Waals surface area contributed by atoms with Gasteiger partial charge in [0.1, 0.15) is 20.1 Å². The van der Waals surface area contributed by atoms with Gasteiger partial charge in [-0.05, 0) is 6.42 Å². The highest BCUT2D eigenvalue weighted by Crippen LogP contribution is 2.23. The molecule has 17 heavy (non-hydrogen) atoms. The third-order valence-electron chi connectivity index (χ3n) is 1.97. The molecule has 0 aromatic carbocycles. The van der Waals surface area contributed by atoms with Crippen molar-refractivity contribution in [2.24, 2.45) is 0 Å². The van der Waals surface area contributed by atoms with Crippen LogP contribution in [0.3, 0.4) is 0 Å². The van der Waals surface area contributed by atoms with Gasteiger partial charge in [-0.15, -0.1) is 0 Å². The Kier molecular flexibility index (Phi) is 4.58. The molecule has 2 radical (unpaired) electrons. The SMILES string of the molecule is [B][C@H]1CC(OS(C)(=O)=O)[C@@H](COS(C)(=O)=O)O1. The molecule has 98 valence electrons. The number of rotatable bonds is 5. The van der Waals surface area contributed by atoms with Gasteiger partial charge >= 0.3 is 0 Å². The second kappa shape index (κ2) is 5.23. The Balaban J connectivity index is 2.63. The summed E-state index contributed by atoms with van der Waals surface area (Å²) in [6, 6.07) is -0.699. The molecule has 1 heterocycles. The van der Waals surface area contributed by atoms with E-state index < -0.39 is 38.4 Å². The van der Waals surface area contributed by atoms with Gasteiger partial charge in [-0.25, -0.2) is 0 Å². The fourth-order valence-corrected chi connectivity index (χ4v) is 2.44. The van der Waals surface area contributed by atoms with E-state index in [-0.39, 0.29) is 13.0 Å². The molecule has 1 unspecified atom stereocenters. The first-order chi connectivity index (χ1) is 7.57. The fourth-order valence-electron chi connectivity index (χ4n) is 1.41. The summed E-state index contributed by atoms with van der Waals surface area (Å²) in [5.41, 5.74) is 0. The predicted molar refractivity (Wildman–Crippen MR) is 59.5 cm³/mol. The highest BCUT2D eigenvalue weighted by molar-refractivity contribution is 7.86. The van der Waals surface area contributed by atoms with Gasteiger partial charge < -0.3 is 4.74 Å². The lowest BCUT2D eigenvalue weighted by Crippen LogP contribution is -2.31. The number of hydrogen-bond acceptors (Lipinski definition) is 7. The maximum Gasteiger partial charge on any atom is 0.264 e. The number of ether oxygens (including phenoxy) is 1. The lowest BCUT2D eigenvalue weighted by atomic mass is 9.96. The van der Waals surface area contributed by atoms with Crippen molar-refractivity contribution in [3.8, 4) is 0 Å². The maximum absolute atomic E-state index is 11.0. The lowest BCUT2D eigenvalue weighted by Gasteiger charge is -2.17. The minimum atomic E-state index is -3.66. The molecule has 0 bridgehead atoms. The Morgan fingerprint density at radius 2 is 1.82 bits per heavy atom. The van der Waals surface area contributed by atoms with Crippen LogP contribution in [0.1, 0.15) is 6.42 Å². The lowest BCUT2D eigenvalue weighted by molar-refractivity contribution is 0.0144. The van der Waals surface area contributed by atoms with Crippen LogP contribution in [0.5, 0.6) is 0 Å². The molecule has 1 saturated heterocycles. The summed E-state index contributed by atoms with van der Waals surface area (Å²) in [6.45, 7) is -0.327. The molecule has 1 aliphatic heterocycles. The Labute approximate surface area is 102 Å². The number of hydrogen-bond donors (Lipinski definition) is 0. The molecule has 0 spiro atoms. The average molecular weight is 284 g/mol. The van der Waals surface area contributed by atoms with Gasteiger partial charge in [-0.3, -0.25) is 8.37 Å². The fraction of sp³-hybridized carbons (Fsp3) is 1.00. The molecule has 1 fully saturated rings. The van der Waals surface area contributed by atoms with Crippen molar-refractivity contribution in [1.82, 2.24) is 0 Å². The van der Waals surface area contributed by atoms with Crippen molar-refractivity contribution in [1.29, 1.82) is 0 Å². The summed E-state index contributed by atoms with van der Waals surface area (Å²) in [4.78, 5) is 0. The molecule has 0 amide bonds. The van der Waals surface area contributed by atoms with E-state index in [1.807, 2.05) is 0 Å². The first kappa shape index (κ1) is 14.9. The third-order valence-corrected chi connectivity index (χ3v) is 3.13. The highest BCUT2D eigenvalue weighted by atomic mass is 32.2. The van der Waals surface area contributed by atoms with Crippen LogP contribution >= 0.6 is 0 Å². The molecule has 0 N–H and O–H groups in total. The van der Waals surface area contributed by atoms with Gasteiger partial charge in [-0.1, -0.05) is 0 Å². The molecule has 0 aromatic rings. The quantitative estimate of drug-likeness (QED) is 0.452. The van der Waals surface area contributed by atoms with Crippen LogP contribution in [0, 0.1) is 0 Å². The van der Waals surface area contributed by atoms with Crippen molar-refractivity contribution >= 4 is 28.1 Å². The van der Waals surface area contributed by atoms with Gasteiger partial charge in [0.15, 0.2) is 0 Å². The van der Waals surface area contributed by atoms with Crippen molar-refractivity contribution < 1.29 is 29.9 Å². The van der Waals surface area contributed by atoms with Crippen molar-refractivity contribution in [2.45, 2.75) is 24.6 Å². The van der Waals surface area contributed by atoms with E-state index in [0.717, 1.165) is 12.5 Å². The van der Waals surface area contributed by atoms with Crippen LogP contribution in [-0.4, -0.2) is 62.0 Å². The molecule has 10 heteroatoms. The maximum atomic E-state index is 11.0. The molecule has 3 atom stereocenters. The van der Waals surface area contributed by atoms with E-state index in [1.165, 1.54) is 0 Å². The smallest absolute Gasteiger partial charge is 0.264 e. The predicted octanol–water partition coefficient (Wildman–Crippen LogP) is -1.41. The van der Waals surface area contributed by atoms with Crippen LogP contribution in [-0.2, 0) is 33.3 Å². The Morgan fingerprint density at radius 1 is 1.24 bits per heavy atom. The van der Waals surface area contributed by atoms with Gasteiger partial charge in [0, 0.05) is 6.00 Å². The standard InChI is InChI=1S/C7H13BO7S2/c1-16(9,10)13-4-6-5(3-7(8)14-6)15-17(2,11)12/h5-7H,3-4H2,1-2H3/t5?,6-,7-/m1/s1. The summed E-state index contributed by atoms with van der Waals surface area (Å²) >= 11 is 0. The van der Waals surface area contributed by atoms with Gasteiger partial charge in [-0.2, -0.15) is 16.8 Å². The zero-order valence-electron chi connectivity index (χ0n) is 9.40. The van der Waals surface area contributed by atoms with Crippen molar-refractivity contribution in [3.63, 3.8) is 0 Å². The molecular weight excluding hydrogens is 271 g/mol. The summed E-state index contributed by atoms with van der Waals surface area (Å²) in [7, 11) is -1.81. The Hall–Kier alpha value is -0.155. The zero-order valence-corrected chi connectivity index (χ0v) is 11.0. The monoisotopic (exact) mass is 284 g/mol. The van der Waals surface area contributed by atoms with Crippen LogP contribution in [0.4, 0.5) is 0 Å². The molecule has 0 aromatic heterocycles. The van der Waals surface area contributed by atoms with Gasteiger partial charge in [0.2, 0.25) is 0 Å². The average Bonchev–Trinajstić information content (AvgIpc) is 2.38. The molecule has 7 nitrogen and oxygen atoms in total. The molecule has 0 aliphatic carbocycles.